The van der Waals surface area contributed by atoms with Gasteiger partial charge >= 0.3 is 6.09 Å². The molecule has 0 radical (unpaired) electrons. The van der Waals surface area contributed by atoms with Crippen LogP contribution in [0.3, 0.4) is 0 Å². The van der Waals surface area contributed by atoms with E-state index >= 15 is 0 Å². The Kier molecular flexibility index (Phi) is 10.4. The standard InChI is InChI=1S/C31H48N4O6/c1-8-10-16-21(24(36)27(38)32-17-9-2)33-26(37)23-22-20(31(22,6)7)18-35(23)28(39)25(19-14-12-11-13-15-19)41-29(40)34-30(3,4)5/h8-9,19-23,25H,1-2,10-18H2,3-7H3,(H,32,38)(H,33,37)(H,34,40). The van der Waals surface area contributed by atoms with Gasteiger partial charge in [-0.2, -0.15) is 0 Å². The fourth-order valence-electron chi connectivity index (χ4n) is 6.43. The van der Waals surface area contributed by atoms with Crippen LogP contribution >= 0.6 is 0 Å². The number of amides is 4. The van der Waals surface area contributed by atoms with Crippen molar-refractivity contribution in [3.8, 4) is 0 Å². The summed E-state index contributed by atoms with van der Waals surface area (Å²) in [5.74, 6) is -2.54. The van der Waals surface area contributed by atoms with Crippen LogP contribution in [0.15, 0.2) is 25.3 Å². The first-order valence-corrected chi connectivity index (χ1v) is 14.9. The number of likely N-dealkylation sites (tertiary alicyclic amines) is 1. The highest BCUT2D eigenvalue weighted by molar-refractivity contribution is 6.38. The number of nitrogens with one attached hydrogen (secondary N) is 3. The summed E-state index contributed by atoms with van der Waals surface area (Å²) in [6.45, 7) is 17.4. The number of ether oxygens (including phenoxy) is 1. The Morgan fingerprint density at radius 2 is 1.71 bits per heavy atom. The Hall–Kier alpha value is -3.17. The molecule has 41 heavy (non-hydrogen) atoms. The molecule has 0 bridgehead atoms. The number of piperidine rings is 1. The van der Waals surface area contributed by atoms with Gasteiger partial charge in [-0.15, -0.1) is 13.2 Å². The number of ketones is 1. The van der Waals surface area contributed by atoms with Gasteiger partial charge in [-0.05, 0) is 63.7 Å². The lowest BCUT2D eigenvalue weighted by Gasteiger charge is -2.36. The second-order valence-electron chi connectivity index (χ2n) is 13.3. The number of alkyl carbamates (subject to hydrolysis) is 1. The van der Waals surface area contributed by atoms with Crippen LogP contribution in [0.25, 0.3) is 0 Å². The van der Waals surface area contributed by atoms with E-state index in [9.17, 15) is 24.0 Å². The molecule has 1 aliphatic heterocycles. The number of allylic oxidation sites excluding steroid dienone is 1. The fourth-order valence-corrected chi connectivity index (χ4v) is 6.43. The second-order valence-corrected chi connectivity index (χ2v) is 13.3. The Balaban J connectivity index is 1.85. The van der Waals surface area contributed by atoms with E-state index in [0.717, 1.165) is 32.1 Å². The summed E-state index contributed by atoms with van der Waals surface area (Å²) in [7, 11) is 0. The lowest BCUT2D eigenvalue weighted by molar-refractivity contribution is -0.150. The number of hydrogen-bond acceptors (Lipinski definition) is 6. The van der Waals surface area contributed by atoms with Gasteiger partial charge in [-0.25, -0.2) is 4.79 Å². The molecule has 3 rings (SSSR count). The SMILES string of the molecule is C=CCCC(NC(=O)C1C2C(CN1C(=O)C(OC(=O)NC(C)(C)C)C1CCCCC1)C2(C)C)C(=O)C(=O)NCC=C. The third-order valence-corrected chi connectivity index (χ3v) is 8.72. The van der Waals surface area contributed by atoms with E-state index < -0.39 is 47.4 Å². The van der Waals surface area contributed by atoms with E-state index in [1.54, 1.807) is 11.0 Å². The molecular weight excluding hydrogens is 524 g/mol. The lowest BCUT2D eigenvalue weighted by Crippen LogP contribution is -2.58. The molecule has 5 unspecified atom stereocenters. The molecule has 10 nitrogen and oxygen atoms in total. The summed E-state index contributed by atoms with van der Waals surface area (Å²) in [5.41, 5.74) is -0.699. The summed E-state index contributed by atoms with van der Waals surface area (Å²) in [6.07, 6.45) is 6.53. The number of rotatable bonds is 12. The van der Waals surface area contributed by atoms with Crippen LogP contribution in [-0.4, -0.2) is 71.3 Å². The maximum Gasteiger partial charge on any atom is 0.408 e. The summed E-state index contributed by atoms with van der Waals surface area (Å²) < 4.78 is 5.81. The lowest BCUT2D eigenvalue weighted by atomic mass is 9.84. The normalized spacial score (nSPS) is 24.7. The van der Waals surface area contributed by atoms with Gasteiger partial charge in [0, 0.05) is 24.5 Å². The molecule has 2 saturated carbocycles. The van der Waals surface area contributed by atoms with Gasteiger partial charge in [-0.3, -0.25) is 19.2 Å². The van der Waals surface area contributed by atoms with Crippen molar-refractivity contribution < 1.29 is 28.7 Å². The fraction of sp³-hybridized carbons (Fsp3) is 0.710. The first kappa shape index (κ1) is 32.3. The number of nitrogens with zero attached hydrogens (tertiary/aromatic N) is 1. The van der Waals surface area contributed by atoms with E-state index in [4.69, 9.17) is 4.74 Å². The maximum absolute atomic E-state index is 14.1. The Morgan fingerprint density at radius 1 is 1.05 bits per heavy atom. The van der Waals surface area contributed by atoms with Crippen molar-refractivity contribution in [3.05, 3.63) is 25.3 Å². The molecule has 0 aromatic rings. The molecular formula is C31H48N4O6. The third-order valence-electron chi connectivity index (χ3n) is 8.72. The minimum absolute atomic E-state index is 0.105. The molecule has 3 N–H and O–H groups in total. The summed E-state index contributed by atoms with van der Waals surface area (Å²) in [4.78, 5) is 67.7. The summed E-state index contributed by atoms with van der Waals surface area (Å²) >= 11 is 0. The predicted molar refractivity (Wildman–Crippen MR) is 156 cm³/mol. The highest BCUT2D eigenvalue weighted by Gasteiger charge is 2.70. The molecule has 2 aliphatic carbocycles. The molecule has 10 heteroatoms. The Morgan fingerprint density at radius 3 is 2.29 bits per heavy atom. The molecule has 3 aliphatic rings. The number of carbonyl (C=O) groups excluding carboxylic acids is 5. The van der Waals surface area contributed by atoms with Crippen molar-refractivity contribution in [2.75, 3.05) is 13.1 Å². The molecule has 228 valence electrons. The Labute approximate surface area is 244 Å². The smallest absolute Gasteiger partial charge is 0.408 e. The van der Waals surface area contributed by atoms with Crippen molar-refractivity contribution in [2.24, 2.45) is 23.2 Å². The molecule has 1 heterocycles. The first-order chi connectivity index (χ1) is 19.2. The van der Waals surface area contributed by atoms with Crippen LogP contribution in [0, 0.1) is 23.2 Å². The Bertz CT molecular complexity index is 1040. The van der Waals surface area contributed by atoms with Gasteiger partial charge in [0.2, 0.25) is 11.7 Å². The number of Topliss-reactive ketones (excluding diaryl/α,β-unsaturated/α-hetero) is 1. The second kappa shape index (κ2) is 13.2. The predicted octanol–water partition coefficient (Wildman–Crippen LogP) is 3.27. The maximum atomic E-state index is 14.1. The minimum atomic E-state index is -1.06. The average Bonchev–Trinajstić information content (AvgIpc) is 3.23. The van der Waals surface area contributed by atoms with E-state index in [1.807, 2.05) is 20.8 Å². The van der Waals surface area contributed by atoms with Gasteiger partial charge in [-0.1, -0.05) is 45.3 Å². The molecule has 4 amide bonds. The van der Waals surface area contributed by atoms with E-state index in [0.29, 0.717) is 13.0 Å². The summed E-state index contributed by atoms with van der Waals surface area (Å²) in [5, 5.41) is 8.04. The quantitative estimate of drug-likeness (QED) is 0.243. The van der Waals surface area contributed by atoms with Crippen LogP contribution < -0.4 is 16.0 Å². The van der Waals surface area contributed by atoms with Crippen molar-refractivity contribution in [1.82, 2.24) is 20.9 Å². The largest absolute Gasteiger partial charge is 0.436 e. The molecule has 5 atom stereocenters. The van der Waals surface area contributed by atoms with E-state index in [1.165, 1.54) is 6.08 Å². The van der Waals surface area contributed by atoms with E-state index in [-0.39, 0.29) is 42.0 Å². The number of carbonyl (C=O) groups is 5. The molecule has 0 aromatic heterocycles. The monoisotopic (exact) mass is 572 g/mol. The zero-order chi connectivity index (χ0) is 30.5. The number of fused-ring (bicyclic) bond motifs is 1. The van der Waals surface area contributed by atoms with Crippen molar-refractivity contribution in [3.63, 3.8) is 0 Å². The van der Waals surface area contributed by atoms with Crippen molar-refractivity contribution in [2.45, 2.75) is 103 Å². The van der Waals surface area contributed by atoms with Gasteiger partial charge < -0.3 is 25.6 Å². The van der Waals surface area contributed by atoms with Crippen LogP contribution in [0.1, 0.15) is 79.6 Å². The average molecular weight is 573 g/mol. The highest BCUT2D eigenvalue weighted by Crippen LogP contribution is 2.65. The van der Waals surface area contributed by atoms with Crippen molar-refractivity contribution in [1.29, 1.82) is 0 Å². The topological polar surface area (TPSA) is 134 Å². The zero-order valence-corrected chi connectivity index (χ0v) is 25.3. The molecule has 0 aromatic carbocycles. The van der Waals surface area contributed by atoms with Gasteiger partial charge in [0.05, 0.1) is 6.04 Å². The van der Waals surface area contributed by atoms with Gasteiger partial charge in [0.1, 0.15) is 6.04 Å². The third kappa shape index (κ3) is 7.77. The highest BCUT2D eigenvalue weighted by atomic mass is 16.6. The van der Waals surface area contributed by atoms with Crippen LogP contribution in [0.5, 0.6) is 0 Å². The first-order valence-electron chi connectivity index (χ1n) is 14.9. The van der Waals surface area contributed by atoms with E-state index in [2.05, 4.69) is 43.0 Å². The number of hydrogen-bond donors (Lipinski definition) is 3. The summed E-state index contributed by atoms with van der Waals surface area (Å²) in [6, 6.07) is -1.90. The van der Waals surface area contributed by atoms with Crippen LogP contribution in [0.2, 0.25) is 0 Å². The van der Waals surface area contributed by atoms with Crippen molar-refractivity contribution >= 4 is 29.6 Å². The van der Waals surface area contributed by atoms with Gasteiger partial charge in [0.15, 0.2) is 6.10 Å². The molecule has 1 saturated heterocycles. The van der Waals surface area contributed by atoms with Gasteiger partial charge in [0.25, 0.3) is 11.8 Å². The zero-order valence-electron chi connectivity index (χ0n) is 25.3. The van der Waals surface area contributed by atoms with Crippen LogP contribution in [0.4, 0.5) is 4.79 Å². The molecule has 3 fully saturated rings. The van der Waals surface area contributed by atoms with Crippen LogP contribution in [-0.2, 0) is 23.9 Å². The minimum Gasteiger partial charge on any atom is -0.436 e. The molecule has 0 spiro atoms.